The molecule has 0 radical (unpaired) electrons. The highest BCUT2D eigenvalue weighted by molar-refractivity contribution is 7.73. The number of nitrogens with zero attached hydrogens (tertiary/aromatic N) is 3. The van der Waals surface area contributed by atoms with Crippen LogP contribution < -0.4 is 5.30 Å². The maximum absolute atomic E-state index is 5.89. The third-order valence-corrected chi connectivity index (χ3v) is 12.5. The molecule has 1 atom stereocenters. The Morgan fingerprint density at radius 1 is 0.750 bits per heavy atom. The molecule has 0 saturated carbocycles. The van der Waals surface area contributed by atoms with Crippen molar-refractivity contribution in [2.45, 2.75) is 52.2 Å². The van der Waals surface area contributed by atoms with E-state index >= 15 is 0 Å². The van der Waals surface area contributed by atoms with Gasteiger partial charge in [0.05, 0.1) is 12.9 Å². The van der Waals surface area contributed by atoms with Gasteiger partial charge in [0.2, 0.25) is 0 Å². The molecular weight excluding hydrogens is 457 g/mol. The van der Waals surface area contributed by atoms with Crippen molar-refractivity contribution in [3.05, 3.63) is 84.9 Å². The molecule has 0 bridgehead atoms. The zero-order valence-corrected chi connectivity index (χ0v) is 22.8. The number of rotatable bonds is 4. The molecule has 1 fully saturated rings. The largest absolute Gasteiger partial charge is 0.341 e. The lowest BCUT2D eigenvalue weighted by Gasteiger charge is -2.44. The van der Waals surface area contributed by atoms with Crippen LogP contribution in [0.1, 0.15) is 40.5 Å². The van der Waals surface area contributed by atoms with Crippen molar-refractivity contribution in [2.75, 3.05) is 13.1 Å². The summed E-state index contributed by atoms with van der Waals surface area (Å²) in [5.74, 6) is 0. The molecule has 0 aliphatic carbocycles. The van der Waals surface area contributed by atoms with Crippen molar-refractivity contribution in [2.24, 2.45) is 4.74 Å². The van der Waals surface area contributed by atoms with Gasteiger partial charge in [0.1, 0.15) is 0 Å². The zero-order chi connectivity index (χ0) is 24.9. The van der Waals surface area contributed by atoms with E-state index in [2.05, 4.69) is 122 Å². The molecule has 3 nitrogen and oxygen atoms in total. The fourth-order valence-corrected chi connectivity index (χ4v) is 10.7. The Morgan fingerprint density at radius 2 is 1.42 bits per heavy atom. The van der Waals surface area contributed by atoms with Gasteiger partial charge < -0.3 is 4.57 Å². The Bertz CT molecular complexity index is 1630. The van der Waals surface area contributed by atoms with E-state index < -0.39 is 7.21 Å². The number of aromatic nitrogens is 1. The summed E-state index contributed by atoms with van der Waals surface area (Å²) in [6.45, 7) is 12.7. The van der Waals surface area contributed by atoms with E-state index in [1.165, 1.54) is 50.7 Å². The summed E-state index contributed by atoms with van der Waals surface area (Å²) in [7, 11) is -2.14. The lowest BCUT2D eigenvalue weighted by atomic mass is 10.1. The fraction of sp³-hybridized carbons (Fsp3) is 0.312. The molecular formula is C32H36N3P. The second-order valence-electron chi connectivity index (χ2n) is 11.0. The van der Waals surface area contributed by atoms with Crippen LogP contribution in [0.25, 0.3) is 32.6 Å². The Morgan fingerprint density at radius 3 is 2.17 bits per heavy atom. The number of benzene rings is 4. The van der Waals surface area contributed by atoms with Crippen LogP contribution in [-0.4, -0.2) is 27.5 Å². The maximum atomic E-state index is 5.89. The Kier molecular flexibility index (Phi) is 5.82. The molecule has 0 unspecified atom stereocenters. The fourth-order valence-electron chi connectivity index (χ4n) is 6.26. The van der Waals surface area contributed by atoms with Crippen LogP contribution in [-0.2, 0) is 6.54 Å². The van der Waals surface area contributed by atoms with E-state index in [-0.39, 0.29) is 5.16 Å². The van der Waals surface area contributed by atoms with E-state index in [1.54, 1.807) is 0 Å². The van der Waals surface area contributed by atoms with Crippen LogP contribution in [0.5, 0.6) is 0 Å². The van der Waals surface area contributed by atoms with Crippen LogP contribution in [0.2, 0.25) is 0 Å². The van der Waals surface area contributed by atoms with E-state index in [0.29, 0.717) is 0 Å². The SMILES string of the molecule is CCn1c2ccccc2c2cc([P@@](=Nc3cccc4ccccc34)(N3CCCC3)C(C)(C)C)ccc21. The van der Waals surface area contributed by atoms with Gasteiger partial charge in [-0.3, -0.25) is 4.67 Å². The molecule has 0 N–H and O–H groups in total. The molecule has 1 saturated heterocycles. The Balaban J connectivity index is 1.72. The van der Waals surface area contributed by atoms with E-state index in [4.69, 9.17) is 4.74 Å². The molecule has 0 spiro atoms. The Labute approximate surface area is 214 Å². The number of para-hydroxylation sites is 1. The van der Waals surface area contributed by atoms with E-state index in [1.807, 2.05) is 0 Å². The second-order valence-corrected chi connectivity index (χ2v) is 14.8. The van der Waals surface area contributed by atoms with Gasteiger partial charge in [0, 0.05) is 57.3 Å². The van der Waals surface area contributed by atoms with Gasteiger partial charge in [-0.15, -0.1) is 0 Å². The smallest absolute Gasteiger partial charge is 0.0720 e. The highest BCUT2D eigenvalue weighted by atomic mass is 31.2. The van der Waals surface area contributed by atoms with Gasteiger partial charge in [-0.2, -0.15) is 0 Å². The van der Waals surface area contributed by atoms with Crippen molar-refractivity contribution in [3.8, 4) is 0 Å². The number of hydrogen-bond donors (Lipinski definition) is 0. The van der Waals surface area contributed by atoms with Crippen molar-refractivity contribution < 1.29 is 0 Å². The first-order chi connectivity index (χ1) is 17.4. The molecule has 184 valence electrons. The summed E-state index contributed by atoms with van der Waals surface area (Å²) in [5, 5.41) is 6.59. The van der Waals surface area contributed by atoms with Crippen LogP contribution in [0.4, 0.5) is 5.69 Å². The van der Waals surface area contributed by atoms with Crippen LogP contribution >= 0.6 is 7.21 Å². The highest BCUT2D eigenvalue weighted by Gasteiger charge is 2.42. The summed E-state index contributed by atoms with van der Waals surface area (Å²) in [5.41, 5.74) is 3.76. The third kappa shape index (κ3) is 3.56. The van der Waals surface area contributed by atoms with Crippen LogP contribution in [0.15, 0.2) is 89.7 Å². The molecule has 1 aliphatic heterocycles. The number of fused-ring (bicyclic) bond motifs is 4. The minimum absolute atomic E-state index is 0.00884. The van der Waals surface area contributed by atoms with Gasteiger partial charge in [-0.05, 0) is 55.5 Å². The van der Waals surface area contributed by atoms with Gasteiger partial charge in [-0.25, -0.2) is 4.74 Å². The normalized spacial score (nSPS) is 16.7. The summed E-state index contributed by atoms with van der Waals surface area (Å²) in [6, 6.07) is 31.4. The van der Waals surface area contributed by atoms with Crippen molar-refractivity contribution >= 4 is 50.8 Å². The molecule has 6 rings (SSSR count). The highest BCUT2D eigenvalue weighted by Crippen LogP contribution is 2.65. The summed E-state index contributed by atoms with van der Waals surface area (Å²) in [4.78, 5) is 0. The van der Waals surface area contributed by atoms with Gasteiger partial charge in [0.15, 0.2) is 0 Å². The van der Waals surface area contributed by atoms with Crippen molar-refractivity contribution in [1.82, 2.24) is 9.24 Å². The molecule has 36 heavy (non-hydrogen) atoms. The lowest BCUT2D eigenvalue weighted by molar-refractivity contribution is 0.538. The molecule has 0 amide bonds. The standard InChI is InChI=1S/C32H36N3P/c1-5-35-30-18-9-8-16-27(30)28-23-25(19-20-31(28)35)36(32(2,3)4,34-21-10-11-22-34)33-29-17-12-14-24-13-6-7-15-26(24)29/h6-9,12-20,23H,5,10-11,21-22H2,1-4H3/t36-/m1/s1. The monoisotopic (exact) mass is 493 g/mol. The van der Waals surface area contributed by atoms with E-state index in [0.717, 1.165) is 25.3 Å². The maximum Gasteiger partial charge on any atom is 0.0720 e. The molecule has 5 aromatic rings. The Hall–Kier alpha value is -2.87. The van der Waals surface area contributed by atoms with Gasteiger partial charge in [0.25, 0.3) is 0 Å². The molecule has 4 aromatic carbocycles. The topological polar surface area (TPSA) is 20.5 Å². The first-order valence-electron chi connectivity index (χ1n) is 13.3. The molecule has 2 heterocycles. The third-order valence-electron chi connectivity index (χ3n) is 7.88. The number of aryl methyl sites for hydroxylation is 1. The average molecular weight is 494 g/mol. The first kappa shape index (κ1) is 23.5. The van der Waals surface area contributed by atoms with Gasteiger partial charge >= 0.3 is 0 Å². The van der Waals surface area contributed by atoms with Crippen molar-refractivity contribution in [3.63, 3.8) is 0 Å². The summed E-state index contributed by atoms with van der Waals surface area (Å²) >= 11 is 0. The predicted molar refractivity (Wildman–Crippen MR) is 158 cm³/mol. The second kappa shape index (κ2) is 8.91. The minimum Gasteiger partial charge on any atom is -0.341 e. The quantitative estimate of drug-likeness (QED) is 0.229. The van der Waals surface area contributed by atoms with Gasteiger partial charge in [-0.1, -0.05) is 75.4 Å². The summed E-state index contributed by atoms with van der Waals surface area (Å²) in [6.07, 6.45) is 2.50. The minimum atomic E-state index is -2.14. The molecule has 4 heteroatoms. The summed E-state index contributed by atoms with van der Waals surface area (Å²) < 4.78 is 11.1. The van der Waals surface area contributed by atoms with Crippen molar-refractivity contribution in [1.29, 1.82) is 0 Å². The average Bonchev–Trinajstić information content (AvgIpc) is 3.53. The number of hydrogen-bond acceptors (Lipinski definition) is 1. The van der Waals surface area contributed by atoms with E-state index in [9.17, 15) is 0 Å². The predicted octanol–water partition coefficient (Wildman–Crippen LogP) is 8.94. The zero-order valence-electron chi connectivity index (χ0n) is 21.9. The molecule has 1 aliphatic rings. The molecule has 1 aromatic heterocycles. The van der Waals surface area contributed by atoms with Crippen LogP contribution in [0.3, 0.4) is 0 Å². The lowest BCUT2D eigenvalue weighted by Crippen LogP contribution is -2.35. The van der Waals surface area contributed by atoms with Crippen LogP contribution in [0, 0.1) is 0 Å². The first-order valence-corrected chi connectivity index (χ1v) is 15.0.